The summed E-state index contributed by atoms with van der Waals surface area (Å²) >= 11 is 0. The van der Waals surface area contributed by atoms with Crippen LogP contribution >= 0.6 is 0 Å². The van der Waals surface area contributed by atoms with Crippen LogP contribution in [0.4, 0.5) is 0 Å². The van der Waals surface area contributed by atoms with Crippen LogP contribution < -0.4 is 9.47 Å². The van der Waals surface area contributed by atoms with Crippen molar-refractivity contribution in [3.8, 4) is 11.6 Å². The molecule has 0 fully saturated rings. The number of ether oxygens (including phenoxy) is 2. The molecule has 1 aromatic heterocycles. The molecule has 2 aromatic rings. The van der Waals surface area contributed by atoms with E-state index < -0.39 is 0 Å². The van der Waals surface area contributed by atoms with E-state index in [0.29, 0.717) is 18.1 Å². The number of hydrogen-bond acceptors (Lipinski definition) is 4. The van der Waals surface area contributed by atoms with E-state index >= 15 is 0 Å². The zero-order chi connectivity index (χ0) is 12.8. The Kier molecular flexibility index (Phi) is 4.45. The molecular formula is C14H19NO3. The van der Waals surface area contributed by atoms with Crippen LogP contribution in [0.1, 0.15) is 33.1 Å². The molecule has 0 spiro atoms. The topological polar surface area (TPSA) is 44.5 Å². The van der Waals surface area contributed by atoms with Crippen molar-refractivity contribution in [3.63, 3.8) is 0 Å². The number of rotatable bonds is 7. The van der Waals surface area contributed by atoms with Crippen molar-refractivity contribution in [2.24, 2.45) is 0 Å². The van der Waals surface area contributed by atoms with Crippen molar-refractivity contribution in [2.45, 2.75) is 33.1 Å². The summed E-state index contributed by atoms with van der Waals surface area (Å²) in [6, 6.07) is 5.71. The third-order valence-electron chi connectivity index (χ3n) is 2.71. The number of fused-ring (bicyclic) bond motifs is 1. The Labute approximate surface area is 107 Å². The fourth-order valence-electron chi connectivity index (χ4n) is 1.77. The van der Waals surface area contributed by atoms with Gasteiger partial charge in [0.15, 0.2) is 5.58 Å². The SMILES string of the molecule is CCCCCOc1ccc2c(OCC)noc2c1. The van der Waals surface area contributed by atoms with Crippen LogP contribution in [0.2, 0.25) is 0 Å². The summed E-state index contributed by atoms with van der Waals surface area (Å²) in [4.78, 5) is 0. The van der Waals surface area contributed by atoms with Gasteiger partial charge in [0.1, 0.15) is 5.75 Å². The van der Waals surface area contributed by atoms with Crippen molar-refractivity contribution < 1.29 is 14.0 Å². The molecule has 0 unspecified atom stereocenters. The van der Waals surface area contributed by atoms with Gasteiger partial charge in [-0.1, -0.05) is 19.8 Å². The predicted octanol–water partition coefficient (Wildman–Crippen LogP) is 3.80. The molecule has 0 aliphatic carbocycles. The van der Waals surface area contributed by atoms with Gasteiger partial charge < -0.3 is 14.0 Å². The van der Waals surface area contributed by atoms with E-state index in [1.165, 1.54) is 12.8 Å². The Bertz CT molecular complexity index is 493. The Morgan fingerprint density at radius 1 is 1.17 bits per heavy atom. The van der Waals surface area contributed by atoms with Gasteiger partial charge >= 0.3 is 0 Å². The third kappa shape index (κ3) is 2.94. The van der Waals surface area contributed by atoms with E-state index in [-0.39, 0.29) is 0 Å². The van der Waals surface area contributed by atoms with Gasteiger partial charge in [-0.2, -0.15) is 0 Å². The van der Waals surface area contributed by atoms with Gasteiger partial charge in [-0.15, -0.1) is 0 Å². The molecule has 0 amide bonds. The van der Waals surface area contributed by atoms with E-state index in [0.717, 1.165) is 24.2 Å². The molecular weight excluding hydrogens is 230 g/mol. The standard InChI is InChI=1S/C14H19NO3/c1-3-5-6-9-17-11-7-8-12-13(10-11)18-15-14(12)16-4-2/h7-8,10H,3-6,9H2,1-2H3. The summed E-state index contributed by atoms with van der Waals surface area (Å²) in [5.41, 5.74) is 0.700. The fourth-order valence-corrected chi connectivity index (χ4v) is 1.77. The highest BCUT2D eigenvalue weighted by Gasteiger charge is 2.09. The zero-order valence-corrected chi connectivity index (χ0v) is 10.9. The highest BCUT2D eigenvalue weighted by molar-refractivity contribution is 5.83. The first kappa shape index (κ1) is 12.7. The lowest BCUT2D eigenvalue weighted by molar-refractivity contribution is 0.300. The lowest BCUT2D eigenvalue weighted by atomic mass is 10.2. The molecule has 1 aromatic carbocycles. The Morgan fingerprint density at radius 2 is 2.06 bits per heavy atom. The molecule has 1 heterocycles. The smallest absolute Gasteiger partial charge is 0.262 e. The summed E-state index contributed by atoms with van der Waals surface area (Å²) in [6.45, 7) is 5.42. The van der Waals surface area contributed by atoms with Crippen molar-refractivity contribution in [1.82, 2.24) is 5.16 Å². The first-order chi connectivity index (χ1) is 8.85. The molecule has 18 heavy (non-hydrogen) atoms. The van der Waals surface area contributed by atoms with E-state index in [9.17, 15) is 0 Å². The second-order valence-corrected chi connectivity index (χ2v) is 4.13. The predicted molar refractivity (Wildman–Crippen MR) is 70.2 cm³/mol. The molecule has 0 saturated carbocycles. The highest BCUT2D eigenvalue weighted by Crippen LogP contribution is 2.28. The summed E-state index contributed by atoms with van der Waals surface area (Å²) in [5.74, 6) is 1.36. The van der Waals surface area contributed by atoms with Gasteiger partial charge in [0.05, 0.1) is 18.6 Å². The molecule has 98 valence electrons. The van der Waals surface area contributed by atoms with Gasteiger partial charge in [0.2, 0.25) is 0 Å². The number of benzene rings is 1. The third-order valence-corrected chi connectivity index (χ3v) is 2.71. The Hall–Kier alpha value is -1.71. The van der Waals surface area contributed by atoms with Crippen molar-refractivity contribution >= 4 is 11.0 Å². The number of aromatic nitrogens is 1. The van der Waals surface area contributed by atoms with Crippen LogP contribution in [0.25, 0.3) is 11.0 Å². The number of unbranched alkanes of at least 4 members (excludes halogenated alkanes) is 2. The van der Waals surface area contributed by atoms with Gasteiger partial charge in [-0.05, 0) is 30.6 Å². The van der Waals surface area contributed by atoms with Crippen molar-refractivity contribution in [3.05, 3.63) is 18.2 Å². The highest BCUT2D eigenvalue weighted by atomic mass is 16.5. The summed E-state index contributed by atoms with van der Waals surface area (Å²) in [6.07, 6.45) is 3.47. The van der Waals surface area contributed by atoms with Crippen LogP contribution in [-0.2, 0) is 0 Å². The van der Waals surface area contributed by atoms with Crippen LogP contribution in [-0.4, -0.2) is 18.4 Å². The Morgan fingerprint density at radius 3 is 2.83 bits per heavy atom. The molecule has 0 N–H and O–H groups in total. The van der Waals surface area contributed by atoms with Crippen molar-refractivity contribution in [2.75, 3.05) is 13.2 Å². The lowest BCUT2D eigenvalue weighted by Crippen LogP contribution is -1.96. The van der Waals surface area contributed by atoms with Crippen LogP contribution in [0.5, 0.6) is 11.6 Å². The van der Waals surface area contributed by atoms with Gasteiger partial charge in [-0.25, -0.2) is 0 Å². The van der Waals surface area contributed by atoms with Crippen LogP contribution in [0.3, 0.4) is 0 Å². The second-order valence-electron chi connectivity index (χ2n) is 4.13. The quantitative estimate of drug-likeness (QED) is 0.700. The molecule has 0 aliphatic rings. The van der Waals surface area contributed by atoms with Crippen LogP contribution in [0, 0.1) is 0 Å². The maximum absolute atomic E-state index is 5.66. The normalized spacial score (nSPS) is 10.8. The molecule has 0 aliphatic heterocycles. The lowest BCUT2D eigenvalue weighted by Gasteiger charge is -2.04. The molecule has 0 saturated heterocycles. The molecule has 0 bridgehead atoms. The summed E-state index contributed by atoms with van der Waals surface area (Å²) in [7, 11) is 0. The summed E-state index contributed by atoms with van der Waals surface area (Å²) in [5, 5.41) is 4.77. The first-order valence-electron chi connectivity index (χ1n) is 6.50. The van der Waals surface area contributed by atoms with Gasteiger partial charge in [0, 0.05) is 6.07 Å². The van der Waals surface area contributed by atoms with E-state index in [1.54, 1.807) is 0 Å². The fraction of sp³-hybridized carbons (Fsp3) is 0.500. The maximum Gasteiger partial charge on any atom is 0.262 e. The summed E-state index contributed by atoms with van der Waals surface area (Å²) < 4.78 is 16.2. The molecule has 4 nitrogen and oxygen atoms in total. The van der Waals surface area contributed by atoms with Gasteiger partial charge in [-0.3, -0.25) is 0 Å². The van der Waals surface area contributed by atoms with E-state index in [1.807, 2.05) is 25.1 Å². The van der Waals surface area contributed by atoms with E-state index in [4.69, 9.17) is 14.0 Å². The average molecular weight is 249 g/mol. The zero-order valence-electron chi connectivity index (χ0n) is 10.9. The largest absolute Gasteiger partial charge is 0.493 e. The second kappa shape index (κ2) is 6.28. The average Bonchev–Trinajstić information content (AvgIpc) is 2.78. The number of nitrogens with zero attached hydrogens (tertiary/aromatic N) is 1. The first-order valence-corrected chi connectivity index (χ1v) is 6.50. The monoisotopic (exact) mass is 249 g/mol. The number of hydrogen-bond donors (Lipinski definition) is 0. The van der Waals surface area contributed by atoms with Crippen LogP contribution in [0.15, 0.2) is 22.7 Å². The molecule has 0 atom stereocenters. The van der Waals surface area contributed by atoms with Gasteiger partial charge in [0.25, 0.3) is 5.88 Å². The minimum absolute atomic E-state index is 0.546. The molecule has 2 rings (SSSR count). The maximum atomic E-state index is 5.66. The van der Waals surface area contributed by atoms with Crippen molar-refractivity contribution in [1.29, 1.82) is 0 Å². The molecule has 4 heteroatoms. The minimum Gasteiger partial charge on any atom is -0.493 e. The Balaban J connectivity index is 2.04. The van der Waals surface area contributed by atoms with E-state index in [2.05, 4.69) is 12.1 Å². The minimum atomic E-state index is 0.546. The molecule has 0 radical (unpaired) electrons.